The molecule has 1 saturated carbocycles. The molecule has 0 N–H and O–H groups in total. The number of carbonyl (C=O) groups is 1. The number of rotatable bonds is 2. The van der Waals surface area contributed by atoms with Gasteiger partial charge in [-0.25, -0.2) is 4.79 Å². The minimum atomic E-state index is -0.393. The highest BCUT2D eigenvalue weighted by molar-refractivity contribution is 5.89. The van der Waals surface area contributed by atoms with E-state index in [0.29, 0.717) is 18.8 Å². The van der Waals surface area contributed by atoms with Crippen LogP contribution in [0.3, 0.4) is 0 Å². The molecule has 4 heteroatoms. The van der Waals surface area contributed by atoms with E-state index in [9.17, 15) is 4.79 Å². The molecular formula is C15H18O4. The number of ether oxygens (including phenoxy) is 3. The molecule has 1 aliphatic heterocycles. The van der Waals surface area contributed by atoms with Crippen LogP contribution >= 0.6 is 0 Å². The third-order valence-corrected chi connectivity index (χ3v) is 3.79. The van der Waals surface area contributed by atoms with E-state index in [1.54, 1.807) is 12.1 Å². The lowest BCUT2D eigenvalue weighted by atomic mass is 9.92. The Labute approximate surface area is 112 Å². The monoisotopic (exact) mass is 262 g/mol. The van der Waals surface area contributed by atoms with Crippen molar-refractivity contribution in [3.8, 4) is 0 Å². The summed E-state index contributed by atoms with van der Waals surface area (Å²) in [6, 6.07) is 9.11. The summed E-state index contributed by atoms with van der Waals surface area (Å²) < 4.78 is 16.8. The van der Waals surface area contributed by atoms with Crippen molar-refractivity contribution in [3.63, 3.8) is 0 Å². The SMILES string of the molecule is O=C(OC1CCC2(CC1)OCCO2)c1ccccc1. The summed E-state index contributed by atoms with van der Waals surface area (Å²) in [6.07, 6.45) is 3.20. The van der Waals surface area contributed by atoms with E-state index in [-0.39, 0.29) is 12.1 Å². The molecule has 102 valence electrons. The molecule has 0 amide bonds. The zero-order valence-electron chi connectivity index (χ0n) is 10.8. The van der Waals surface area contributed by atoms with E-state index in [1.807, 2.05) is 18.2 Å². The number of hydrogen-bond donors (Lipinski definition) is 0. The van der Waals surface area contributed by atoms with Crippen molar-refractivity contribution in [2.75, 3.05) is 13.2 Å². The second kappa shape index (κ2) is 5.31. The minimum absolute atomic E-state index is 0.0221. The average Bonchev–Trinajstić information content (AvgIpc) is 2.91. The van der Waals surface area contributed by atoms with Gasteiger partial charge in [0.25, 0.3) is 0 Å². The van der Waals surface area contributed by atoms with Crippen LogP contribution < -0.4 is 0 Å². The van der Waals surface area contributed by atoms with Gasteiger partial charge in [0.15, 0.2) is 5.79 Å². The molecule has 0 atom stereocenters. The molecule has 1 saturated heterocycles. The largest absolute Gasteiger partial charge is 0.459 e. The van der Waals surface area contributed by atoms with Crippen LogP contribution in [0.1, 0.15) is 36.0 Å². The van der Waals surface area contributed by atoms with Gasteiger partial charge in [0.05, 0.1) is 18.8 Å². The molecule has 1 aromatic rings. The maximum atomic E-state index is 11.9. The highest BCUT2D eigenvalue weighted by atomic mass is 16.7. The Kier molecular flexibility index (Phi) is 3.53. The van der Waals surface area contributed by atoms with E-state index in [4.69, 9.17) is 14.2 Å². The van der Waals surface area contributed by atoms with Crippen molar-refractivity contribution in [3.05, 3.63) is 35.9 Å². The van der Waals surface area contributed by atoms with E-state index in [1.165, 1.54) is 0 Å². The number of benzene rings is 1. The summed E-state index contributed by atoms with van der Waals surface area (Å²) in [7, 11) is 0. The van der Waals surface area contributed by atoms with Crippen molar-refractivity contribution >= 4 is 5.97 Å². The number of carbonyl (C=O) groups excluding carboxylic acids is 1. The summed E-state index contributed by atoms with van der Waals surface area (Å²) in [5, 5.41) is 0. The molecule has 0 radical (unpaired) electrons. The lowest BCUT2D eigenvalue weighted by Gasteiger charge is -2.34. The zero-order chi connectivity index (χ0) is 13.1. The van der Waals surface area contributed by atoms with Crippen LogP contribution in [0.4, 0.5) is 0 Å². The van der Waals surface area contributed by atoms with Gasteiger partial charge >= 0.3 is 5.97 Å². The molecule has 0 aromatic heterocycles. The Balaban J connectivity index is 1.53. The summed E-state index contributed by atoms with van der Waals surface area (Å²) in [4.78, 5) is 11.9. The lowest BCUT2D eigenvalue weighted by Crippen LogP contribution is -2.38. The van der Waals surface area contributed by atoms with Crippen LogP contribution in [0.15, 0.2) is 30.3 Å². The zero-order valence-corrected chi connectivity index (χ0v) is 10.8. The Morgan fingerprint density at radius 3 is 2.37 bits per heavy atom. The van der Waals surface area contributed by atoms with Crippen LogP contribution in [-0.4, -0.2) is 31.1 Å². The molecule has 4 nitrogen and oxygen atoms in total. The van der Waals surface area contributed by atoms with Gasteiger partial charge in [-0.2, -0.15) is 0 Å². The Hall–Kier alpha value is -1.39. The van der Waals surface area contributed by atoms with Gasteiger partial charge in [0, 0.05) is 12.8 Å². The molecule has 1 spiro atoms. The van der Waals surface area contributed by atoms with Crippen molar-refractivity contribution < 1.29 is 19.0 Å². The van der Waals surface area contributed by atoms with Crippen LogP contribution in [0.25, 0.3) is 0 Å². The molecule has 0 bridgehead atoms. The molecular weight excluding hydrogens is 244 g/mol. The van der Waals surface area contributed by atoms with Gasteiger partial charge in [-0.15, -0.1) is 0 Å². The Morgan fingerprint density at radius 1 is 1.11 bits per heavy atom. The lowest BCUT2D eigenvalue weighted by molar-refractivity contribution is -0.188. The van der Waals surface area contributed by atoms with Gasteiger partial charge in [0.1, 0.15) is 6.10 Å². The summed E-state index contributed by atoms with van der Waals surface area (Å²) in [5.74, 6) is -0.634. The maximum absolute atomic E-state index is 11.9. The highest BCUT2D eigenvalue weighted by Crippen LogP contribution is 2.36. The molecule has 1 aliphatic carbocycles. The fourth-order valence-electron chi connectivity index (χ4n) is 2.73. The van der Waals surface area contributed by atoms with E-state index in [0.717, 1.165) is 25.7 Å². The van der Waals surface area contributed by atoms with Gasteiger partial charge in [-0.1, -0.05) is 18.2 Å². The van der Waals surface area contributed by atoms with Crippen LogP contribution in [0.5, 0.6) is 0 Å². The summed E-state index contributed by atoms with van der Waals surface area (Å²) in [6.45, 7) is 1.35. The van der Waals surface area contributed by atoms with Crippen molar-refractivity contribution in [1.29, 1.82) is 0 Å². The van der Waals surface area contributed by atoms with Crippen molar-refractivity contribution in [1.82, 2.24) is 0 Å². The predicted octanol–water partition coefficient (Wildman–Crippen LogP) is 2.53. The van der Waals surface area contributed by atoms with Gasteiger partial charge in [0.2, 0.25) is 0 Å². The first kappa shape index (κ1) is 12.6. The molecule has 2 aliphatic rings. The number of hydrogen-bond acceptors (Lipinski definition) is 4. The second-order valence-electron chi connectivity index (χ2n) is 5.08. The van der Waals surface area contributed by atoms with Gasteiger partial charge in [-0.05, 0) is 25.0 Å². The van der Waals surface area contributed by atoms with Crippen LogP contribution in [0, 0.1) is 0 Å². The van der Waals surface area contributed by atoms with E-state index >= 15 is 0 Å². The predicted molar refractivity (Wildman–Crippen MR) is 68.7 cm³/mol. The van der Waals surface area contributed by atoms with Crippen LogP contribution in [0.2, 0.25) is 0 Å². The first-order valence-electron chi connectivity index (χ1n) is 6.81. The quantitative estimate of drug-likeness (QED) is 0.768. The standard InChI is InChI=1S/C15H18O4/c16-14(12-4-2-1-3-5-12)19-13-6-8-15(9-7-13)17-10-11-18-15/h1-5,13H,6-11H2. The summed E-state index contributed by atoms with van der Waals surface area (Å²) >= 11 is 0. The number of esters is 1. The normalized spacial score (nSPS) is 22.5. The van der Waals surface area contributed by atoms with Gasteiger partial charge in [-0.3, -0.25) is 0 Å². The maximum Gasteiger partial charge on any atom is 0.338 e. The van der Waals surface area contributed by atoms with E-state index < -0.39 is 5.79 Å². The summed E-state index contributed by atoms with van der Waals surface area (Å²) in [5.41, 5.74) is 0.608. The van der Waals surface area contributed by atoms with Crippen LogP contribution in [-0.2, 0) is 14.2 Å². The smallest absolute Gasteiger partial charge is 0.338 e. The minimum Gasteiger partial charge on any atom is -0.459 e. The third kappa shape index (κ3) is 2.80. The van der Waals surface area contributed by atoms with Crippen molar-refractivity contribution in [2.24, 2.45) is 0 Å². The second-order valence-corrected chi connectivity index (χ2v) is 5.08. The Bertz CT molecular complexity index is 427. The van der Waals surface area contributed by atoms with E-state index in [2.05, 4.69) is 0 Å². The average molecular weight is 262 g/mol. The molecule has 2 fully saturated rings. The fraction of sp³-hybridized carbons (Fsp3) is 0.533. The molecule has 1 heterocycles. The fourth-order valence-corrected chi connectivity index (χ4v) is 2.73. The molecule has 3 rings (SSSR count). The Morgan fingerprint density at radius 2 is 1.74 bits per heavy atom. The molecule has 1 aromatic carbocycles. The third-order valence-electron chi connectivity index (χ3n) is 3.79. The molecule has 19 heavy (non-hydrogen) atoms. The first-order chi connectivity index (χ1) is 9.27. The topological polar surface area (TPSA) is 44.8 Å². The highest BCUT2D eigenvalue weighted by Gasteiger charge is 2.41. The van der Waals surface area contributed by atoms with Crippen molar-refractivity contribution in [2.45, 2.75) is 37.6 Å². The first-order valence-corrected chi connectivity index (χ1v) is 6.81. The molecule has 0 unspecified atom stereocenters. The van der Waals surface area contributed by atoms with Gasteiger partial charge < -0.3 is 14.2 Å².